The normalized spacial score (nSPS) is 10.0. The van der Waals surface area contributed by atoms with Gasteiger partial charge in [0.05, 0.1) is 9.85 Å². The van der Waals surface area contributed by atoms with Gasteiger partial charge in [-0.05, 0) is 24.4 Å². The van der Waals surface area contributed by atoms with Gasteiger partial charge in [-0.25, -0.2) is 0 Å². The van der Waals surface area contributed by atoms with Crippen molar-refractivity contribution >= 4 is 40.4 Å². The summed E-state index contributed by atoms with van der Waals surface area (Å²) in [4.78, 5) is 22.4. The lowest BCUT2D eigenvalue weighted by Gasteiger charge is -1.97. The molecule has 24 heavy (non-hydrogen) atoms. The number of rotatable bonds is 2. The number of H-pyrrole nitrogens is 1. The van der Waals surface area contributed by atoms with Crippen LogP contribution in [0.25, 0.3) is 11.1 Å². The highest BCUT2D eigenvalue weighted by Crippen LogP contribution is 2.29. The number of hydrogen-bond acceptors (Lipinski definition) is 8. The van der Waals surface area contributed by atoms with Gasteiger partial charge in [0.15, 0.2) is 16.8 Å². The first kappa shape index (κ1) is 16.9. The van der Waals surface area contributed by atoms with Crippen LogP contribution in [0.15, 0.2) is 40.8 Å². The van der Waals surface area contributed by atoms with Gasteiger partial charge in [0.1, 0.15) is 5.75 Å². The first-order valence-corrected chi connectivity index (χ1v) is 6.70. The van der Waals surface area contributed by atoms with Crippen molar-refractivity contribution in [2.75, 3.05) is 5.73 Å². The van der Waals surface area contributed by atoms with E-state index in [0.29, 0.717) is 11.1 Å². The van der Waals surface area contributed by atoms with Crippen molar-refractivity contribution < 1.29 is 19.4 Å². The number of non-ortho nitro benzene ring substituents is 1. The molecule has 0 saturated carbocycles. The fourth-order valence-corrected chi connectivity index (χ4v) is 2.00. The summed E-state index contributed by atoms with van der Waals surface area (Å²) >= 11 is 4.71. The maximum Gasteiger partial charge on any atom is 0.296 e. The largest absolute Gasteiger partial charge is 0.506 e. The van der Waals surface area contributed by atoms with Gasteiger partial charge in [-0.1, -0.05) is 12.1 Å². The van der Waals surface area contributed by atoms with Gasteiger partial charge in [-0.2, -0.15) is 0 Å². The number of para-hydroxylation sites is 2. The number of nitro groups is 2. The minimum atomic E-state index is -0.644. The number of phenolic OH excluding ortho intramolecular Hbond substituents is 1. The molecule has 1 heterocycles. The van der Waals surface area contributed by atoms with Gasteiger partial charge in [0.25, 0.3) is 16.2 Å². The zero-order chi connectivity index (χ0) is 17.9. The molecule has 0 aliphatic rings. The quantitative estimate of drug-likeness (QED) is 0.208. The van der Waals surface area contributed by atoms with E-state index in [0.717, 1.165) is 0 Å². The van der Waals surface area contributed by atoms with Crippen molar-refractivity contribution in [2.45, 2.75) is 0 Å². The van der Waals surface area contributed by atoms with Crippen molar-refractivity contribution in [3.63, 3.8) is 0 Å². The van der Waals surface area contributed by atoms with E-state index in [9.17, 15) is 20.2 Å². The number of anilines is 1. The second kappa shape index (κ2) is 6.75. The molecule has 0 unspecified atom stereocenters. The van der Waals surface area contributed by atoms with E-state index >= 15 is 0 Å². The summed E-state index contributed by atoms with van der Waals surface area (Å²) in [5, 5.41) is 29.6. The molecule has 0 radical (unpaired) electrons. The van der Waals surface area contributed by atoms with E-state index in [-0.39, 0.29) is 27.6 Å². The molecule has 3 aromatic rings. The van der Waals surface area contributed by atoms with E-state index in [1.54, 1.807) is 12.1 Å². The Morgan fingerprint density at radius 3 is 2.25 bits per heavy atom. The van der Waals surface area contributed by atoms with Crippen LogP contribution < -0.4 is 5.73 Å². The van der Waals surface area contributed by atoms with Crippen LogP contribution in [-0.2, 0) is 0 Å². The van der Waals surface area contributed by atoms with Crippen LogP contribution in [0.3, 0.4) is 0 Å². The Kier molecular flexibility index (Phi) is 4.75. The number of nitrogens with zero attached hydrogens (tertiary/aromatic N) is 2. The summed E-state index contributed by atoms with van der Waals surface area (Å²) in [6.07, 6.45) is 0. The van der Waals surface area contributed by atoms with Crippen LogP contribution in [0.2, 0.25) is 0 Å². The predicted octanol–water partition coefficient (Wildman–Crippen LogP) is 3.28. The van der Waals surface area contributed by atoms with Crippen LogP contribution in [0.4, 0.5) is 17.1 Å². The number of fused-ring (bicyclic) bond motifs is 1. The lowest BCUT2D eigenvalue weighted by atomic mass is 10.2. The van der Waals surface area contributed by atoms with Gasteiger partial charge in [-0.15, -0.1) is 0 Å². The Hall–Kier alpha value is -3.47. The monoisotopic (exact) mass is 350 g/mol. The summed E-state index contributed by atoms with van der Waals surface area (Å²) in [5.74, 6) is -0.265. The van der Waals surface area contributed by atoms with Gasteiger partial charge < -0.3 is 20.2 Å². The molecule has 0 aliphatic carbocycles. The minimum Gasteiger partial charge on any atom is -0.506 e. The number of nitrogens with two attached hydrogens (primary N) is 1. The van der Waals surface area contributed by atoms with Crippen LogP contribution in [0.5, 0.6) is 5.75 Å². The topological polar surface area (TPSA) is 161 Å². The predicted molar refractivity (Wildman–Crippen MR) is 87.2 cm³/mol. The third-order valence-electron chi connectivity index (χ3n) is 2.89. The van der Waals surface area contributed by atoms with Crippen molar-refractivity contribution in [3.8, 4) is 5.75 Å². The molecule has 0 bridgehead atoms. The highest BCUT2D eigenvalue weighted by molar-refractivity contribution is 7.71. The molecular weight excluding hydrogens is 340 g/mol. The lowest BCUT2D eigenvalue weighted by molar-refractivity contribution is -0.384. The molecule has 0 aliphatic heterocycles. The van der Waals surface area contributed by atoms with Gasteiger partial charge in [0, 0.05) is 12.1 Å². The molecular formula is C13H10N4O6S. The highest BCUT2D eigenvalue weighted by atomic mass is 32.1. The fourth-order valence-electron chi connectivity index (χ4n) is 1.81. The Morgan fingerprint density at radius 1 is 1.08 bits per heavy atom. The summed E-state index contributed by atoms with van der Waals surface area (Å²) in [5.41, 5.74) is 5.42. The van der Waals surface area contributed by atoms with Crippen molar-refractivity contribution in [1.29, 1.82) is 0 Å². The molecule has 0 spiro atoms. The third-order valence-corrected chi connectivity index (χ3v) is 3.07. The van der Waals surface area contributed by atoms with Gasteiger partial charge >= 0.3 is 0 Å². The molecule has 124 valence electrons. The lowest BCUT2D eigenvalue weighted by Crippen LogP contribution is -1.94. The molecule has 0 saturated heterocycles. The zero-order valence-electron chi connectivity index (χ0n) is 11.8. The average molecular weight is 350 g/mol. The number of aromatic hydroxyl groups is 1. The third kappa shape index (κ3) is 3.47. The summed E-state index contributed by atoms with van der Waals surface area (Å²) in [7, 11) is 0. The molecule has 11 heteroatoms. The van der Waals surface area contributed by atoms with Crippen LogP contribution in [-0.4, -0.2) is 19.9 Å². The summed E-state index contributed by atoms with van der Waals surface area (Å²) < 4.78 is 5.01. The number of nitrogen functional groups attached to an aromatic ring is 1. The van der Waals surface area contributed by atoms with Crippen molar-refractivity contribution in [3.05, 3.63) is 61.5 Å². The minimum absolute atomic E-state index is 0.0302. The molecule has 10 nitrogen and oxygen atoms in total. The molecule has 0 amide bonds. The van der Waals surface area contributed by atoms with Crippen LogP contribution >= 0.6 is 12.2 Å². The molecule has 0 atom stereocenters. The zero-order valence-corrected chi connectivity index (χ0v) is 12.6. The van der Waals surface area contributed by atoms with E-state index in [1.165, 1.54) is 24.3 Å². The van der Waals surface area contributed by atoms with Crippen LogP contribution in [0, 0.1) is 25.1 Å². The molecule has 2 aromatic carbocycles. The van der Waals surface area contributed by atoms with E-state index < -0.39 is 9.85 Å². The highest BCUT2D eigenvalue weighted by Gasteiger charge is 2.14. The second-order valence-electron chi connectivity index (χ2n) is 4.39. The smallest absolute Gasteiger partial charge is 0.296 e. The Balaban J connectivity index is 0.000000177. The average Bonchev–Trinajstić information content (AvgIpc) is 2.90. The SMILES string of the molecule is Nc1c(O)cccc1[N+](=O)[O-].O=[N+]([O-])c1cccc2oc(=S)[nH]c12. The standard InChI is InChI=1S/C7H4N2O3S.C6H6N2O3/c10-9(11)4-2-1-3-5-6(4)8-7(13)12-5;7-6-4(8(10)11)2-1-3-5(6)9/h1-3H,(H,8,13);1-3,9H,7H2. The molecule has 1 aromatic heterocycles. The number of phenols is 1. The number of nitrogens with one attached hydrogen (secondary N) is 1. The number of oxazole rings is 1. The first-order chi connectivity index (χ1) is 11.3. The Bertz CT molecular complexity index is 980. The van der Waals surface area contributed by atoms with Crippen molar-refractivity contribution in [2.24, 2.45) is 0 Å². The van der Waals surface area contributed by atoms with E-state index in [1.807, 2.05) is 0 Å². The molecule has 4 N–H and O–H groups in total. The van der Waals surface area contributed by atoms with Gasteiger partial charge in [-0.3, -0.25) is 20.2 Å². The maximum atomic E-state index is 10.5. The number of hydrogen-bond donors (Lipinski definition) is 3. The molecule has 3 rings (SSSR count). The summed E-state index contributed by atoms with van der Waals surface area (Å²) in [6, 6.07) is 8.45. The second-order valence-corrected chi connectivity index (χ2v) is 4.76. The van der Waals surface area contributed by atoms with Crippen molar-refractivity contribution in [1.82, 2.24) is 4.98 Å². The van der Waals surface area contributed by atoms with E-state index in [2.05, 4.69) is 4.98 Å². The number of aromatic nitrogens is 1. The maximum absolute atomic E-state index is 10.5. The number of aromatic amines is 1. The Morgan fingerprint density at radius 2 is 1.67 bits per heavy atom. The first-order valence-electron chi connectivity index (χ1n) is 6.29. The Labute approximate surface area is 138 Å². The number of benzene rings is 2. The molecule has 0 fully saturated rings. The van der Waals surface area contributed by atoms with Gasteiger partial charge in [0.2, 0.25) is 0 Å². The van der Waals surface area contributed by atoms with Crippen LogP contribution in [0.1, 0.15) is 0 Å². The fraction of sp³-hybridized carbons (Fsp3) is 0. The summed E-state index contributed by atoms with van der Waals surface area (Å²) in [6.45, 7) is 0. The number of nitro benzene ring substituents is 2. The van der Waals surface area contributed by atoms with E-state index in [4.69, 9.17) is 27.5 Å².